The van der Waals surface area contributed by atoms with Crippen molar-refractivity contribution < 1.29 is 151 Å². The maximum Gasteiger partial charge on any atom is 0 e. The molecule has 0 aromatic rings. The van der Waals surface area contributed by atoms with Crippen LogP contribution >= 0.6 is 0 Å². The molecule has 0 aliphatic heterocycles. The van der Waals surface area contributed by atoms with Gasteiger partial charge < -0.3 is 0 Å². The second kappa shape index (κ2) is 19.3. The van der Waals surface area contributed by atoms with E-state index >= 15 is 0 Å². The van der Waals surface area contributed by atoms with E-state index in [2.05, 4.69) is 38.2 Å². The molecule has 2 aliphatic carbocycles. The maximum absolute atomic E-state index is 2.32. The molecule has 16 heavy (non-hydrogen) atoms. The fourth-order valence-electron chi connectivity index (χ4n) is 1.39. The summed E-state index contributed by atoms with van der Waals surface area (Å²) < 4.78 is 0. The normalized spacial score (nSPS) is 14.9. The Bertz CT molecular complexity index is 229. The van der Waals surface area contributed by atoms with Crippen LogP contribution in [0.1, 0.15) is 39.5 Å². The first-order valence-electron chi connectivity index (χ1n) is 4.77. The van der Waals surface area contributed by atoms with Crippen LogP contribution in [0.15, 0.2) is 35.5 Å². The summed E-state index contributed by atoms with van der Waals surface area (Å²) in [4.78, 5) is 0. The van der Waals surface area contributed by atoms with E-state index in [4.69, 9.17) is 0 Å². The van der Waals surface area contributed by atoms with Gasteiger partial charge in [-0.2, -0.15) is 0 Å². The van der Waals surface area contributed by atoms with Crippen LogP contribution in [0.4, 0.5) is 0 Å². The Balaban J connectivity index is -0.0000000720. The standard InChI is InChI=1S/C6H10.C6H8.4Ar/c2*1-6-4-2-3-5-6;;;;/h4H,2-3,5H2,1H3;2-4H,5H2,1H3;;;;. The van der Waals surface area contributed by atoms with Crippen LogP contribution in [0.3, 0.4) is 0 Å². The summed E-state index contributed by atoms with van der Waals surface area (Å²) in [6, 6.07) is 0. The number of allylic oxidation sites excluding steroid dienone is 6. The molecule has 98 valence electrons. The van der Waals surface area contributed by atoms with Crippen molar-refractivity contribution in [3.8, 4) is 0 Å². The third-order valence-electron chi connectivity index (χ3n) is 2.22. The van der Waals surface area contributed by atoms with Crippen molar-refractivity contribution in [1.29, 1.82) is 0 Å². The van der Waals surface area contributed by atoms with Crippen molar-refractivity contribution in [2.24, 2.45) is 0 Å². The van der Waals surface area contributed by atoms with Gasteiger partial charge in [0.2, 0.25) is 0 Å². The third-order valence-corrected chi connectivity index (χ3v) is 2.22. The van der Waals surface area contributed by atoms with Crippen LogP contribution in [0.5, 0.6) is 0 Å². The minimum atomic E-state index is 0. The fourth-order valence-corrected chi connectivity index (χ4v) is 1.39. The van der Waals surface area contributed by atoms with Crippen molar-refractivity contribution in [2.45, 2.75) is 39.5 Å². The van der Waals surface area contributed by atoms with Gasteiger partial charge in [-0.15, -0.1) is 0 Å². The van der Waals surface area contributed by atoms with Gasteiger partial charge in [0.15, 0.2) is 0 Å². The smallest absolute Gasteiger partial charge is 0 e. The average molecular weight is 322 g/mol. The summed E-state index contributed by atoms with van der Waals surface area (Å²) >= 11 is 0. The van der Waals surface area contributed by atoms with Crippen molar-refractivity contribution >= 4 is 0 Å². The second-order valence-electron chi connectivity index (χ2n) is 3.59. The Morgan fingerprint density at radius 3 is 1.69 bits per heavy atom. The second-order valence-corrected chi connectivity index (χ2v) is 3.59. The predicted molar refractivity (Wildman–Crippen MR) is 55.1 cm³/mol. The van der Waals surface area contributed by atoms with Crippen LogP contribution in [-0.2, 0) is 0 Å². The molecule has 0 fully saturated rings. The SMILES string of the molecule is CC1=CC=CC1.CC1=CCCC1.[Ar].[Ar].[Ar].[Ar]. The summed E-state index contributed by atoms with van der Waals surface area (Å²) in [5.74, 6) is 0. The topological polar surface area (TPSA) is 0 Å². The molecule has 0 heterocycles. The number of hydrogen-bond donors (Lipinski definition) is 0. The molecule has 0 bridgehead atoms. The largest absolute Gasteiger partial charge is 0.0856 e. The summed E-state index contributed by atoms with van der Waals surface area (Å²) in [7, 11) is 0. The first-order chi connectivity index (χ1) is 5.79. The van der Waals surface area contributed by atoms with Gasteiger partial charge in [0.05, 0.1) is 0 Å². The Morgan fingerprint density at radius 2 is 1.56 bits per heavy atom. The van der Waals surface area contributed by atoms with Gasteiger partial charge in [-0.3, -0.25) is 0 Å². The van der Waals surface area contributed by atoms with Gasteiger partial charge in [-0.05, 0) is 39.5 Å². The van der Waals surface area contributed by atoms with E-state index in [0.717, 1.165) is 0 Å². The quantitative estimate of drug-likeness (QED) is 0.591. The number of rotatable bonds is 0. The summed E-state index contributed by atoms with van der Waals surface area (Å²) in [6.45, 7) is 4.34. The molecule has 0 amide bonds. The van der Waals surface area contributed by atoms with Gasteiger partial charge in [-0.1, -0.05) is 35.5 Å². The van der Waals surface area contributed by atoms with Crippen molar-refractivity contribution in [2.75, 3.05) is 0 Å². The fraction of sp³-hybridized carbons (Fsp3) is 0.500. The minimum absolute atomic E-state index is 0. The maximum atomic E-state index is 2.32. The summed E-state index contributed by atoms with van der Waals surface area (Å²) in [5, 5.41) is 0. The third kappa shape index (κ3) is 16.3. The van der Waals surface area contributed by atoms with E-state index in [1.165, 1.54) is 31.3 Å². The van der Waals surface area contributed by atoms with Gasteiger partial charge in [0.25, 0.3) is 0 Å². The molecule has 2 rings (SSSR count). The first-order valence-corrected chi connectivity index (χ1v) is 4.77. The zero-order valence-corrected chi connectivity index (χ0v) is 12.4. The Kier molecular flexibility index (Phi) is 34.2. The van der Waals surface area contributed by atoms with Crippen molar-refractivity contribution in [3.63, 3.8) is 0 Å². The van der Waals surface area contributed by atoms with Crippen LogP contribution in [0, 0.1) is 151 Å². The molecule has 0 saturated heterocycles. The minimum Gasteiger partial charge on any atom is -0.0856 e. The van der Waals surface area contributed by atoms with E-state index in [1.807, 2.05) is 0 Å². The van der Waals surface area contributed by atoms with Crippen LogP contribution < -0.4 is 0 Å². The van der Waals surface area contributed by atoms with Crippen molar-refractivity contribution in [1.82, 2.24) is 0 Å². The Morgan fingerprint density at radius 1 is 0.938 bits per heavy atom. The molecular formula is C12H18Ar4. The monoisotopic (exact) mass is 322 g/mol. The Hall–Kier alpha value is 4.26. The van der Waals surface area contributed by atoms with Gasteiger partial charge >= 0.3 is 0 Å². The predicted octanol–water partition coefficient (Wildman–Crippen LogP) is 4.01. The Labute approximate surface area is 220 Å². The van der Waals surface area contributed by atoms with Gasteiger partial charge in [-0.25, -0.2) is 0 Å². The molecule has 0 nitrogen and oxygen atoms in total. The van der Waals surface area contributed by atoms with E-state index in [9.17, 15) is 0 Å². The molecule has 0 aromatic heterocycles. The molecule has 0 aromatic carbocycles. The van der Waals surface area contributed by atoms with Crippen LogP contribution in [0.2, 0.25) is 0 Å². The summed E-state index contributed by atoms with van der Waals surface area (Å²) in [5.41, 5.74) is 3.05. The first kappa shape index (κ1) is 28.4. The molecule has 0 radical (unpaired) electrons. The molecular weight excluding hydrogens is 304 g/mol. The zero-order valence-electron chi connectivity index (χ0n) is 9.55. The number of hydrogen-bond acceptors (Lipinski definition) is 0. The van der Waals surface area contributed by atoms with Crippen molar-refractivity contribution in [3.05, 3.63) is 35.5 Å². The molecule has 0 atom stereocenters. The molecule has 4 heteroatoms. The van der Waals surface area contributed by atoms with E-state index in [0.29, 0.717) is 0 Å². The zero-order chi connectivity index (χ0) is 8.81. The average Bonchev–Trinajstić information content (AvgIpc) is 2.63. The molecule has 0 unspecified atom stereocenters. The molecule has 0 saturated carbocycles. The van der Waals surface area contributed by atoms with E-state index < -0.39 is 0 Å². The van der Waals surface area contributed by atoms with Crippen LogP contribution in [0.25, 0.3) is 0 Å². The van der Waals surface area contributed by atoms with Gasteiger partial charge in [0, 0.05) is 151 Å². The molecule has 0 N–H and O–H groups in total. The molecule has 2 aliphatic rings. The van der Waals surface area contributed by atoms with Crippen LogP contribution in [-0.4, -0.2) is 0 Å². The van der Waals surface area contributed by atoms with Gasteiger partial charge in [0.1, 0.15) is 0 Å². The van der Waals surface area contributed by atoms with E-state index in [-0.39, 0.29) is 151 Å². The van der Waals surface area contributed by atoms with E-state index in [1.54, 1.807) is 5.57 Å². The molecule has 0 spiro atoms. The summed E-state index contributed by atoms with van der Waals surface area (Å²) in [6.07, 6.45) is 13.9.